The van der Waals surface area contributed by atoms with Gasteiger partial charge in [-0.2, -0.15) is 0 Å². The number of carbonyl (C=O) groups is 1. The third-order valence-corrected chi connectivity index (χ3v) is 5.49. The van der Waals surface area contributed by atoms with Crippen LogP contribution in [0, 0.1) is 0 Å². The Morgan fingerprint density at radius 1 is 1.04 bits per heavy atom. The molecule has 3 aromatic rings. The minimum Gasteiger partial charge on any atom is -0.493 e. The zero-order valence-electron chi connectivity index (χ0n) is 15.8. The molecule has 4 nitrogen and oxygen atoms in total. The van der Waals surface area contributed by atoms with Crippen molar-refractivity contribution >= 4 is 39.0 Å². The van der Waals surface area contributed by atoms with E-state index in [0.29, 0.717) is 23.0 Å². The molecule has 0 spiro atoms. The molecular weight excluding hydrogens is 360 g/mol. The molecule has 140 valence electrons. The third-order valence-electron chi connectivity index (χ3n) is 4.45. The van der Waals surface area contributed by atoms with Crippen LogP contribution >= 0.6 is 11.3 Å². The Balaban J connectivity index is 2.04. The molecule has 5 heteroatoms. The second-order valence-corrected chi connectivity index (χ2v) is 7.65. The van der Waals surface area contributed by atoms with Gasteiger partial charge in [0.05, 0.1) is 19.8 Å². The monoisotopic (exact) mass is 382 g/mol. The van der Waals surface area contributed by atoms with Gasteiger partial charge in [0.15, 0.2) is 11.5 Å². The number of methoxy groups -OCH3 is 2. The largest absolute Gasteiger partial charge is 0.493 e. The zero-order chi connectivity index (χ0) is 19.6. The lowest BCUT2D eigenvalue weighted by atomic mass is 9.98. The minimum atomic E-state index is -0.945. The Kier molecular flexibility index (Phi) is 5.51. The van der Waals surface area contributed by atoms with Gasteiger partial charge in [0, 0.05) is 15.6 Å². The van der Waals surface area contributed by atoms with Crippen LogP contribution in [0.3, 0.4) is 0 Å². The Morgan fingerprint density at radius 3 is 2.22 bits per heavy atom. The van der Waals surface area contributed by atoms with Crippen LogP contribution in [-0.4, -0.2) is 25.3 Å². The van der Waals surface area contributed by atoms with Gasteiger partial charge in [0.1, 0.15) is 0 Å². The van der Waals surface area contributed by atoms with Crippen LogP contribution in [0.5, 0.6) is 11.5 Å². The fourth-order valence-electron chi connectivity index (χ4n) is 2.92. The molecule has 0 aliphatic carbocycles. The molecule has 0 aliphatic heterocycles. The Hall–Kier alpha value is -2.79. The number of hydrogen-bond acceptors (Lipinski definition) is 4. The molecule has 1 aromatic heterocycles. The molecule has 0 atom stereocenters. The van der Waals surface area contributed by atoms with E-state index in [4.69, 9.17) is 9.47 Å². The van der Waals surface area contributed by atoms with Crippen LogP contribution in [-0.2, 0) is 4.79 Å². The highest BCUT2D eigenvalue weighted by molar-refractivity contribution is 7.20. The molecule has 0 saturated carbocycles. The number of hydrogen-bond donors (Lipinski definition) is 1. The first-order chi connectivity index (χ1) is 12.9. The van der Waals surface area contributed by atoms with E-state index in [2.05, 4.69) is 13.8 Å². The second kappa shape index (κ2) is 7.84. The Labute approximate surface area is 162 Å². The van der Waals surface area contributed by atoms with Crippen LogP contribution in [0.25, 0.3) is 21.7 Å². The molecule has 2 aromatic carbocycles. The van der Waals surface area contributed by atoms with Crippen LogP contribution in [0.2, 0.25) is 0 Å². The summed E-state index contributed by atoms with van der Waals surface area (Å²) in [7, 11) is 3.20. The van der Waals surface area contributed by atoms with Gasteiger partial charge in [-0.05, 0) is 40.6 Å². The van der Waals surface area contributed by atoms with Crippen LogP contribution in [0.15, 0.2) is 42.5 Å². The van der Waals surface area contributed by atoms with Crippen molar-refractivity contribution in [3.63, 3.8) is 0 Å². The summed E-state index contributed by atoms with van der Waals surface area (Å²) < 4.78 is 11.7. The van der Waals surface area contributed by atoms with Crippen LogP contribution in [0.4, 0.5) is 0 Å². The smallest absolute Gasteiger partial charge is 0.336 e. The van der Waals surface area contributed by atoms with Gasteiger partial charge in [-0.1, -0.05) is 38.1 Å². The normalized spacial score (nSPS) is 11.8. The first-order valence-electron chi connectivity index (χ1n) is 8.63. The molecule has 0 radical (unpaired) electrons. The molecule has 0 saturated heterocycles. The number of benzene rings is 2. The van der Waals surface area contributed by atoms with E-state index < -0.39 is 5.97 Å². The summed E-state index contributed by atoms with van der Waals surface area (Å²) in [6.07, 6.45) is 1.72. The molecule has 0 fully saturated rings. The molecule has 27 heavy (non-hydrogen) atoms. The second-order valence-electron chi connectivity index (χ2n) is 6.53. The average molecular weight is 382 g/mol. The number of aliphatic carboxylic acids is 1. The van der Waals surface area contributed by atoms with E-state index in [-0.39, 0.29) is 5.57 Å². The standard InChI is InChI=1S/C22H22O4S/c1-13(2)14-5-7-15(8-6-14)18(22(23)24)11-17-9-16-10-19(25-3)20(26-4)12-21(16)27-17/h5-13H,1-4H3,(H,23,24). The molecule has 3 rings (SSSR count). The van der Waals surface area contributed by atoms with Gasteiger partial charge in [0.2, 0.25) is 0 Å². The predicted octanol–water partition coefficient (Wildman–Crippen LogP) is 5.67. The van der Waals surface area contributed by atoms with Crippen molar-refractivity contribution in [3.8, 4) is 11.5 Å². The highest BCUT2D eigenvalue weighted by Gasteiger charge is 2.13. The first-order valence-corrected chi connectivity index (χ1v) is 9.45. The van der Waals surface area contributed by atoms with Crippen molar-refractivity contribution in [3.05, 3.63) is 58.5 Å². The summed E-state index contributed by atoms with van der Waals surface area (Å²) in [5.41, 5.74) is 2.15. The molecule has 0 unspecified atom stereocenters. The lowest BCUT2D eigenvalue weighted by Crippen LogP contribution is -1.99. The Bertz CT molecular complexity index is 956. The predicted molar refractivity (Wildman–Crippen MR) is 111 cm³/mol. The van der Waals surface area contributed by atoms with Crippen molar-refractivity contribution < 1.29 is 19.4 Å². The lowest BCUT2D eigenvalue weighted by Gasteiger charge is -2.07. The SMILES string of the molecule is COc1cc2cc(C=C(C(=O)O)c3ccc(C(C)C)cc3)sc2cc1OC. The number of thiophene rings is 1. The topological polar surface area (TPSA) is 55.8 Å². The van der Waals surface area contributed by atoms with Crippen molar-refractivity contribution in [1.29, 1.82) is 0 Å². The maximum absolute atomic E-state index is 11.8. The zero-order valence-corrected chi connectivity index (χ0v) is 16.6. The highest BCUT2D eigenvalue weighted by Crippen LogP contribution is 2.37. The van der Waals surface area contributed by atoms with E-state index >= 15 is 0 Å². The number of ether oxygens (including phenoxy) is 2. The summed E-state index contributed by atoms with van der Waals surface area (Å²) in [5, 5.41) is 10.7. The highest BCUT2D eigenvalue weighted by atomic mass is 32.1. The van der Waals surface area contributed by atoms with E-state index in [9.17, 15) is 9.90 Å². The average Bonchev–Trinajstić information content (AvgIpc) is 3.06. The minimum absolute atomic E-state index is 0.274. The quantitative estimate of drug-likeness (QED) is 0.558. The summed E-state index contributed by atoms with van der Waals surface area (Å²) in [5.74, 6) is 0.773. The number of rotatable bonds is 6. The summed E-state index contributed by atoms with van der Waals surface area (Å²) >= 11 is 1.52. The molecular formula is C22H22O4S. The molecule has 1 N–H and O–H groups in total. The van der Waals surface area contributed by atoms with E-state index in [0.717, 1.165) is 15.0 Å². The molecule has 1 heterocycles. The van der Waals surface area contributed by atoms with Crippen LogP contribution in [0.1, 0.15) is 35.8 Å². The molecule has 0 aliphatic rings. The fourth-order valence-corrected chi connectivity index (χ4v) is 3.93. The first kappa shape index (κ1) is 19.0. The van der Waals surface area contributed by atoms with Crippen molar-refractivity contribution in [2.75, 3.05) is 14.2 Å². The van der Waals surface area contributed by atoms with Gasteiger partial charge in [-0.15, -0.1) is 11.3 Å². The molecule has 0 bridgehead atoms. The Morgan fingerprint density at radius 2 is 1.67 bits per heavy atom. The van der Waals surface area contributed by atoms with Gasteiger partial charge in [-0.25, -0.2) is 4.79 Å². The van der Waals surface area contributed by atoms with Crippen LogP contribution < -0.4 is 9.47 Å². The summed E-state index contributed by atoms with van der Waals surface area (Å²) in [6.45, 7) is 4.23. The number of carboxylic acid groups (broad SMARTS) is 1. The summed E-state index contributed by atoms with van der Waals surface area (Å²) in [4.78, 5) is 12.7. The fraction of sp³-hybridized carbons (Fsp3) is 0.227. The molecule has 0 amide bonds. The van der Waals surface area contributed by atoms with Gasteiger partial charge in [0.25, 0.3) is 0 Å². The van der Waals surface area contributed by atoms with E-state index in [1.807, 2.05) is 42.5 Å². The van der Waals surface area contributed by atoms with Gasteiger partial charge < -0.3 is 14.6 Å². The lowest BCUT2D eigenvalue weighted by molar-refractivity contribution is -0.130. The van der Waals surface area contributed by atoms with Crippen molar-refractivity contribution in [2.45, 2.75) is 19.8 Å². The van der Waals surface area contributed by atoms with E-state index in [1.54, 1.807) is 20.3 Å². The third kappa shape index (κ3) is 3.98. The maximum Gasteiger partial charge on any atom is 0.336 e. The summed E-state index contributed by atoms with van der Waals surface area (Å²) in [6, 6.07) is 13.5. The van der Waals surface area contributed by atoms with Crippen molar-refractivity contribution in [2.24, 2.45) is 0 Å². The number of carboxylic acids is 1. The van der Waals surface area contributed by atoms with Gasteiger partial charge >= 0.3 is 5.97 Å². The van der Waals surface area contributed by atoms with Crippen molar-refractivity contribution in [1.82, 2.24) is 0 Å². The van der Waals surface area contributed by atoms with E-state index in [1.165, 1.54) is 16.9 Å². The van der Waals surface area contributed by atoms with Gasteiger partial charge in [-0.3, -0.25) is 0 Å². The number of fused-ring (bicyclic) bond motifs is 1. The maximum atomic E-state index is 11.8.